The highest BCUT2D eigenvalue weighted by molar-refractivity contribution is 8.00. The Morgan fingerprint density at radius 3 is 2.24 bits per heavy atom. The number of carbonyl (C=O) groups is 5. The lowest BCUT2D eigenvalue weighted by molar-refractivity contribution is -0.151. The van der Waals surface area contributed by atoms with Crippen LogP contribution in [0.2, 0.25) is 0 Å². The van der Waals surface area contributed by atoms with Crippen LogP contribution >= 0.6 is 11.8 Å². The number of nitrogens with zero attached hydrogens (tertiary/aromatic N) is 1. The first-order chi connectivity index (χ1) is 34.4. The minimum atomic E-state index is -2.21. The normalized spacial score (nSPS) is 27.7. The highest BCUT2D eigenvalue weighted by Crippen LogP contribution is 2.64. The van der Waals surface area contributed by atoms with Crippen molar-refractivity contribution in [3.8, 4) is 0 Å². The van der Waals surface area contributed by atoms with Gasteiger partial charge in [-0.3, -0.25) is 29.5 Å². The average molecular weight is 993 g/mol. The van der Waals surface area contributed by atoms with E-state index in [1.807, 2.05) is 12.4 Å². The topological polar surface area (TPSA) is 228 Å². The monoisotopic (exact) mass is 993 g/mol. The molecule has 2 aliphatic heterocycles. The van der Waals surface area contributed by atoms with E-state index >= 15 is 4.79 Å². The lowest BCUT2D eigenvalue weighted by Crippen LogP contribution is -2.53. The molecule has 7 aliphatic rings. The summed E-state index contributed by atoms with van der Waals surface area (Å²) in [6, 6.07) is 10.4. The summed E-state index contributed by atoms with van der Waals surface area (Å²) >= 11 is 1.49. The van der Waals surface area contributed by atoms with E-state index < -0.39 is 48.0 Å². The first-order valence-electron chi connectivity index (χ1n) is 26.2. The second-order valence-electron chi connectivity index (χ2n) is 21.4. The number of fused-ring (bicyclic) bond motifs is 3. The number of hydrogen-bond acceptors (Lipinski definition) is 12. The van der Waals surface area contributed by atoms with E-state index in [-0.39, 0.29) is 65.2 Å². The minimum Gasteiger partial charge on any atom is -0.480 e. The predicted molar refractivity (Wildman–Crippen MR) is 270 cm³/mol. The number of ether oxygens (including phenoxy) is 1. The molecule has 5 aliphatic carbocycles. The maximum Gasteiger partial charge on any atom is 0.353 e. The number of amides is 2. The molecule has 2 amide bonds. The number of thioether (sulfide) groups is 1. The zero-order chi connectivity index (χ0) is 49.7. The Kier molecular flexibility index (Phi) is 16.2. The first-order valence-corrected chi connectivity index (χ1v) is 27.2. The summed E-state index contributed by atoms with van der Waals surface area (Å²) in [4.78, 5) is 71.5. The number of aliphatic carboxylic acids is 2. The van der Waals surface area contributed by atoms with Crippen molar-refractivity contribution in [1.82, 2.24) is 31.6 Å². The molecule has 9 atom stereocenters. The molecule has 3 fully saturated rings. The van der Waals surface area contributed by atoms with E-state index in [1.165, 1.54) is 28.5 Å². The molecular formula is C55H72N6O9S. The number of hydrogen-bond donors (Lipinski definition) is 8. The standard InChI is InChI=1S/C55H72N6O9S/c1-56-32-59-40(51(65)66)14-15-42(62)60-41(49(63)61-50(64)52(67)68)31-71-48-47-44-39(54(19-4-5-20-54)21-6-7-22-55(48)23-8-9-24-55)30-37(28-33-16-25-57-26-17-33)43(45(44)53(69)70-47)46-38-29-36-11-3-2-10-34(36)12-13-35(38)18-27-58-46/h2-3,10-13,16-17,25-26,35,38-41,45-46,48,50,56,58-59,64H,4-9,14-15,18-24,27-32H2,1H3,(H,60,62)(H,61,63)(H,65,66)(H,67,68)/t35-,38-,39+,40-,41-,45+,46+,48-,50-/m0/s1. The Hall–Kier alpha value is -4.87. The van der Waals surface area contributed by atoms with Crippen LogP contribution in [-0.2, 0) is 41.6 Å². The molecule has 71 heavy (non-hydrogen) atoms. The lowest BCUT2D eigenvalue weighted by Gasteiger charge is -2.49. The summed E-state index contributed by atoms with van der Waals surface area (Å²) in [5, 5.41) is 44.0. The van der Waals surface area contributed by atoms with Gasteiger partial charge < -0.3 is 41.3 Å². The Balaban J connectivity index is 1.15. The van der Waals surface area contributed by atoms with Gasteiger partial charge in [-0.2, -0.15) is 0 Å². The molecule has 1 aromatic heterocycles. The maximum absolute atomic E-state index is 15.6. The zero-order valence-electron chi connectivity index (χ0n) is 41.0. The van der Waals surface area contributed by atoms with Gasteiger partial charge in [0.25, 0.3) is 0 Å². The molecule has 0 unspecified atom stereocenters. The van der Waals surface area contributed by atoms with Gasteiger partial charge in [0.15, 0.2) is 0 Å². The Bertz CT molecular complexity index is 2400. The van der Waals surface area contributed by atoms with Gasteiger partial charge in [-0.05, 0) is 153 Å². The average Bonchev–Trinajstić information content (AvgIpc) is 4.10. The maximum atomic E-state index is 15.6. The van der Waals surface area contributed by atoms with Crippen molar-refractivity contribution in [2.75, 3.05) is 26.0 Å². The van der Waals surface area contributed by atoms with E-state index in [2.05, 4.69) is 80.1 Å². The summed E-state index contributed by atoms with van der Waals surface area (Å²) in [5.41, 5.74) is 6.99. The summed E-state index contributed by atoms with van der Waals surface area (Å²) in [6.07, 6.45) is 21.6. The van der Waals surface area contributed by atoms with Crippen molar-refractivity contribution < 1.29 is 44.0 Å². The molecular weight excluding hydrogens is 921 g/mol. The van der Waals surface area contributed by atoms with Crippen molar-refractivity contribution in [3.63, 3.8) is 0 Å². The van der Waals surface area contributed by atoms with Crippen LogP contribution in [0.5, 0.6) is 0 Å². The molecule has 9 rings (SSSR count). The number of aliphatic hydroxyl groups excluding tert-OH is 1. The largest absolute Gasteiger partial charge is 0.480 e. The number of piperidine rings is 1. The van der Waals surface area contributed by atoms with Gasteiger partial charge in [-0.1, -0.05) is 80.5 Å². The third-order valence-corrected chi connectivity index (χ3v) is 18.9. The highest BCUT2D eigenvalue weighted by Gasteiger charge is 2.59. The Morgan fingerprint density at radius 1 is 0.873 bits per heavy atom. The molecule has 382 valence electrons. The van der Waals surface area contributed by atoms with E-state index in [0.29, 0.717) is 12.3 Å². The van der Waals surface area contributed by atoms with Gasteiger partial charge in [-0.15, -0.1) is 11.8 Å². The fraction of sp³-hybridized carbons (Fsp3) is 0.600. The number of pyridine rings is 1. The number of allylic oxidation sites excluding steroid dienone is 2. The van der Waals surface area contributed by atoms with E-state index in [9.17, 15) is 34.5 Å². The van der Waals surface area contributed by atoms with Crippen LogP contribution in [0.1, 0.15) is 119 Å². The smallest absolute Gasteiger partial charge is 0.353 e. The van der Waals surface area contributed by atoms with Crippen molar-refractivity contribution in [3.05, 3.63) is 94.0 Å². The quantitative estimate of drug-likeness (QED) is 0.0515. The van der Waals surface area contributed by atoms with Gasteiger partial charge in [0.1, 0.15) is 23.8 Å². The van der Waals surface area contributed by atoms with Crippen LogP contribution in [0.3, 0.4) is 0 Å². The first kappa shape index (κ1) is 51.0. The molecule has 15 nitrogen and oxygen atoms in total. The van der Waals surface area contributed by atoms with Crippen LogP contribution in [-0.4, -0.2) is 106 Å². The van der Waals surface area contributed by atoms with Crippen LogP contribution in [0.25, 0.3) is 6.08 Å². The fourth-order valence-corrected chi connectivity index (χ4v) is 15.6. The Labute approximate surface area is 421 Å². The van der Waals surface area contributed by atoms with Crippen LogP contribution in [0, 0.1) is 34.5 Å². The lowest BCUT2D eigenvalue weighted by atomic mass is 9.56. The van der Waals surface area contributed by atoms with Crippen molar-refractivity contribution in [2.45, 2.75) is 145 Å². The van der Waals surface area contributed by atoms with Gasteiger partial charge in [0, 0.05) is 37.3 Å². The van der Waals surface area contributed by atoms with Crippen molar-refractivity contribution in [1.29, 1.82) is 0 Å². The molecule has 3 heterocycles. The Morgan fingerprint density at radius 2 is 1.56 bits per heavy atom. The molecule has 0 radical (unpaired) electrons. The summed E-state index contributed by atoms with van der Waals surface area (Å²) < 4.78 is 7.00. The minimum absolute atomic E-state index is 0.0127. The number of carboxylic acid groups (broad SMARTS) is 2. The van der Waals surface area contributed by atoms with E-state index in [4.69, 9.17) is 4.74 Å². The van der Waals surface area contributed by atoms with E-state index in [1.54, 1.807) is 7.05 Å². The number of aromatic nitrogens is 1. The molecule has 8 N–H and O–H groups in total. The highest BCUT2D eigenvalue weighted by atomic mass is 32.2. The van der Waals surface area contributed by atoms with Crippen LogP contribution < -0.4 is 26.6 Å². The molecule has 1 aromatic carbocycles. The summed E-state index contributed by atoms with van der Waals surface area (Å²) in [5.74, 6) is -3.83. The second kappa shape index (κ2) is 22.5. The van der Waals surface area contributed by atoms with Gasteiger partial charge >= 0.3 is 17.9 Å². The van der Waals surface area contributed by atoms with Crippen molar-refractivity contribution in [2.24, 2.45) is 34.5 Å². The molecule has 2 saturated carbocycles. The summed E-state index contributed by atoms with van der Waals surface area (Å²) in [6.45, 7) is 1.02. The zero-order valence-corrected chi connectivity index (χ0v) is 41.8. The number of carbonyl (C=O) groups excluding carboxylic acids is 3. The van der Waals surface area contributed by atoms with Crippen LogP contribution in [0.4, 0.5) is 0 Å². The van der Waals surface area contributed by atoms with E-state index in [0.717, 1.165) is 125 Å². The van der Waals surface area contributed by atoms with Crippen LogP contribution in [0.15, 0.2) is 77.3 Å². The molecule has 1 saturated heterocycles. The molecule has 2 aromatic rings. The number of nitrogens with one attached hydrogen (secondary N) is 5. The number of carboxylic acids is 2. The SMILES string of the molecule is CNCN[C@@H](CCC(=O)N[C@@H](CS[C@H]1C2=C3[C@H](C(=O)O2)C([C@@H]2NCC[C@@H]4C=Cc5ccccc5C[C@@H]42)=C(Cc2ccncc2)C[C@H]3C2(CCCC2)CCCCC12CCCC2)C(=O)N[C@@H](O)C(=O)O)C(=O)O. The van der Waals surface area contributed by atoms with Gasteiger partial charge in [-0.25, -0.2) is 4.79 Å². The third kappa shape index (κ3) is 10.9. The number of benzene rings is 1. The second-order valence-corrected chi connectivity index (χ2v) is 22.6. The van der Waals surface area contributed by atoms with Crippen molar-refractivity contribution >= 4 is 47.6 Å². The predicted octanol–water partition coefficient (Wildman–Crippen LogP) is 6.03. The molecule has 16 heteroatoms. The number of aliphatic hydroxyl groups is 1. The molecule has 2 spiro atoms. The number of esters is 1. The van der Waals surface area contributed by atoms with Gasteiger partial charge in [0.2, 0.25) is 18.0 Å². The molecule has 0 bridgehead atoms. The summed E-state index contributed by atoms with van der Waals surface area (Å²) in [7, 11) is 1.67. The fourth-order valence-electron chi connectivity index (χ4n) is 14.0. The third-order valence-electron chi connectivity index (χ3n) is 17.4. The van der Waals surface area contributed by atoms with Gasteiger partial charge in [0.05, 0.1) is 5.25 Å². The number of rotatable bonds is 17.